The Bertz CT molecular complexity index is 538. The fraction of sp³-hybridized carbons (Fsp3) is 0.286. The summed E-state index contributed by atoms with van der Waals surface area (Å²) in [6.07, 6.45) is 1.84. The third-order valence-corrected chi connectivity index (χ3v) is 3.72. The van der Waals surface area contributed by atoms with E-state index >= 15 is 0 Å². The van der Waals surface area contributed by atoms with Gasteiger partial charge in [-0.15, -0.1) is 0 Å². The number of aromatic nitrogens is 2. The lowest BCUT2D eigenvalue weighted by Gasteiger charge is -2.36. The molecule has 3 heterocycles. The number of hydrogen-bond donors (Lipinski definition) is 0. The summed E-state index contributed by atoms with van der Waals surface area (Å²) in [7, 11) is 0. The summed E-state index contributed by atoms with van der Waals surface area (Å²) in [6, 6.07) is 12.1. The minimum absolute atomic E-state index is 0.886. The monoisotopic (exact) mass is 318 g/mol. The summed E-state index contributed by atoms with van der Waals surface area (Å²) in [5, 5.41) is 0. The molecule has 4 nitrogen and oxygen atoms in total. The largest absolute Gasteiger partial charge is 0.353 e. The zero-order valence-corrected chi connectivity index (χ0v) is 12.1. The highest BCUT2D eigenvalue weighted by Gasteiger charge is 2.18. The van der Waals surface area contributed by atoms with Gasteiger partial charge in [0, 0.05) is 32.4 Å². The van der Waals surface area contributed by atoms with Crippen LogP contribution in [0.4, 0.5) is 11.6 Å². The van der Waals surface area contributed by atoms with Crippen molar-refractivity contribution in [3.63, 3.8) is 0 Å². The molecule has 0 saturated carbocycles. The van der Waals surface area contributed by atoms with E-state index in [4.69, 9.17) is 0 Å². The van der Waals surface area contributed by atoms with Gasteiger partial charge in [-0.1, -0.05) is 12.1 Å². The van der Waals surface area contributed by atoms with E-state index in [1.165, 1.54) is 0 Å². The molecule has 0 bridgehead atoms. The Hall–Kier alpha value is -1.62. The zero-order chi connectivity index (χ0) is 13.1. The normalized spacial score (nSPS) is 15.6. The molecule has 19 heavy (non-hydrogen) atoms. The van der Waals surface area contributed by atoms with E-state index in [0.29, 0.717) is 0 Å². The quantitative estimate of drug-likeness (QED) is 0.797. The zero-order valence-electron chi connectivity index (χ0n) is 10.5. The van der Waals surface area contributed by atoms with Crippen LogP contribution in [0.5, 0.6) is 0 Å². The van der Waals surface area contributed by atoms with Crippen molar-refractivity contribution in [3.8, 4) is 0 Å². The maximum absolute atomic E-state index is 4.50. The van der Waals surface area contributed by atoms with Crippen molar-refractivity contribution in [1.29, 1.82) is 0 Å². The summed E-state index contributed by atoms with van der Waals surface area (Å²) < 4.78 is 0.886. The van der Waals surface area contributed by atoms with E-state index < -0.39 is 0 Å². The van der Waals surface area contributed by atoms with Gasteiger partial charge in [0.15, 0.2) is 0 Å². The first-order valence-electron chi connectivity index (χ1n) is 6.36. The summed E-state index contributed by atoms with van der Waals surface area (Å²) in [5.74, 6) is 2.10. The Morgan fingerprint density at radius 2 is 1.53 bits per heavy atom. The van der Waals surface area contributed by atoms with Crippen molar-refractivity contribution in [2.75, 3.05) is 36.0 Å². The van der Waals surface area contributed by atoms with Gasteiger partial charge in [-0.05, 0) is 40.2 Å². The van der Waals surface area contributed by atoms with Crippen LogP contribution in [-0.4, -0.2) is 36.1 Å². The molecule has 0 aliphatic carbocycles. The molecule has 2 aromatic rings. The summed E-state index contributed by atoms with van der Waals surface area (Å²) >= 11 is 3.42. The number of hydrogen-bond acceptors (Lipinski definition) is 4. The maximum atomic E-state index is 4.50. The third-order valence-electron chi connectivity index (χ3n) is 3.28. The average molecular weight is 319 g/mol. The molecule has 3 rings (SSSR count). The molecule has 1 aliphatic heterocycles. The fourth-order valence-corrected chi connectivity index (χ4v) is 2.61. The van der Waals surface area contributed by atoms with Gasteiger partial charge in [0.1, 0.15) is 16.2 Å². The lowest BCUT2D eigenvalue weighted by Crippen LogP contribution is -2.47. The third kappa shape index (κ3) is 2.87. The van der Waals surface area contributed by atoms with Crippen LogP contribution in [-0.2, 0) is 0 Å². The van der Waals surface area contributed by atoms with Gasteiger partial charge in [0.2, 0.25) is 0 Å². The Morgan fingerprint density at radius 3 is 2.16 bits per heavy atom. The Morgan fingerprint density at radius 1 is 0.842 bits per heavy atom. The van der Waals surface area contributed by atoms with Gasteiger partial charge in [-0.3, -0.25) is 0 Å². The minimum atomic E-state index is 0.886. The summed E-state index contributed by atoms with van der Waals surface area (Å²) in [4.78, 5) is 13.5. The van der Waals surface area contributed by atoms with Crippen molar-refractivity contribution in [2.45, 2.75) is 0 Å². The molecule has 0 atom stereocenters. The standard InChI is InChI=1S/C14H15BrN4/c15-12-4-3-6-14(17-12)19-10-8-18(9-11-19)13-5-1-2-7-16-13/h1-7H,8-11H2. The lowest BCUT2D eigenvalue weighted by molar-refractivity contribution is 0.641. The van der Waals surface area contributed by atoms with Crippen LogP contribution in [0.25, 0.3) is 0 Å². The second-order valence-electron chi connectivity index (χ2n) is 4.48. The number of anilines is 2. The molecular formula is C14H15BrN4. The van der Waals surface area contributed by atoms with E-state index in [1.54, 1.807) is 0 Å². The Kier molecular flexibility index (Phi) is 3.64. The molecule has 0 unspecified atom stereocenters. The van der Waals surface area contributed by atoms with E-state index in [0.717, 1.165) is 42.4 Å². The Labute approximate surface area is 121 Å². The predicted octanol–water partition coefficient (Wildman–Crippen LogP) is 2.57. The van der Waals surface area contributed by atoms with Gasteiger partial charge >= 0.3 is 0 Å². The van der Waals surface area contributed by atoms with Gasteiger partial charge in [-0.2, -0.15) is 0 Å². The SMILES string of the molecule is Brc1cccc(N2CCN(c3ccccn3)CC2)n1. The smallest absolute Gasteiger partial charge is 0.129 e. The lowest BCUT2D eigenvalue weighted by atomic mass is 10.3. The highest BCUT2D eigenvalue weighted by atomic mass is 79.9. The van der Waals surface area contributed by atoms with Gasteiger partial charge in [0.25, 0.3) is 0 Å². The average Bonchev–Trinajstić information content (AvgIpc) is 2.48. The molecule has 0 N–H and O–H groups in total. The van der Waals surface area contributed by atoms with Crippen molar-refractivity contribution in [2.24, 2.45) is 0 Å². The van der Waals surface area contributed by atoms with Crippen LogP contribution in [0.1, 0.15) is 0 Å². The molecule has 0 radical (unpaired) electrons. The number of halogens is 1. The first kappa shape index (κ1) is 12.4. The number of nitrogens with zero attached hydrogens (tertiary/aromatic N) is 4. The molecule has 2 aromatic heterocycles. The van der Waals surface area contributed by atoms with Crippen molar-refractivity contribution < 1.29 is 0 Å². The predicted molar refractivity (Wildman–Crippen MR) is 80.6 cm³/mol. The molecule has 98 valence electrons. The van der Waals surface area contributed by atoms with Crippen LogP contribution in [0.3, 0.4) is 0 Å². The van der Waals surface area contributed by atoms with Crippen LogP contribution in [0.2, 0.25) is 0 Å². The van der Waals surface area contributed by atoms with Gasteiger partial charge < -0.3 is 9.80 Å². The summed E-state index contributed by atoms with van der Waals surface area (Å²) in [6.45, 7) is 3.90. The van der Waals surface area contributed by atoms with E-state index in [1.807, 2.05) is 30.5 Å². The first-order valence-corrected chi connectivity index (χ1v) is 7.16. The maximum Gasteiger partial charge on any atom is 0.129 e. The van der Waals surface area contributed by atoms with Crippen molar-refractivity contribution >= 4 is 27.6 Å². The van der Waals surface area contributed by atoms with E-state index in [9.17, 15) is 0 Å². The minimum Gasteiger partial charge on any atom is -0.353 e. The molecule has 0 amide bonds. The van der Waals surface area contributed by atoms with E-state index in [-0.39, 0.29) is 0 Å². The number of rotatable bonds is 2. The van der Waals surface area contributed by atoms with Crippen molar-refractivity contribution in [1.82, 2.24) is 9.97 Å². The van der Waals surface area contributed by atoms with Crippen LogP contribution in [0, 0.1) is 0 Å². The molecular weight excluding hydrogens is 304 g/mol. The molecule has 5 heteroatoms. The van der Waals surface area contributed by atoms with Crippen LogP contribution in [0.15, 0.2) is 47.2 Å². The van der Waals surface area contributed by atoms with Crippen LogP contribution < -0.4 is 9.80 Å². The van der Waals surface area contributed by atoms with Gasteiger partial charge in [0.05, 0.1) is 0 Å². The second kappa shape index (κ2) is 5.57. The van der Waals surface area contributed by atoms with Crippen molar-refractivity contribution in [3.05, 3.63) is 47.2 Å². The molecule has 1 saturated heterocycles. The summed E-state index contributed by atoms with van der Waals surface area (Å²) in [5.41, 5.74) is 0. The number of pyridine rings is 2. The topological polar surface area (TPSA) is 32.3 Å². The fourth-order valence-electron chi connectivity index (χ4n) is 2.28. The molecule has 0 spiro atoms. The highest BCUT2D eigenvalue weighted by molar-refractivity contribution is 9.10. The van der Waals surface area contributed by atoms with Crippen LogP contribution >= 0.6 is 15.9 Å². The Balaban J connectivity index is 1.67. The molecule has 1 aliphatic rings. The number of piperazine rings is 1. The van der Waals surface area contributed by atoms with Gasteiger partial charge in [-0.25, -0.2) is 9.97 Å². The molecule has 1 fully saturated rings. The first-order chi connectivity index (χ1) is 9.33. The highest BCUT2D eigenvalue weighted by Crippen LogP contribution is 2.18. The second-order valence-corrected chi connectivity index (χ2v) is 5.29. The molecule has 0 aromatic carbocycles. The van der Waals surface area contributed by atoms with E-state index in [2.05, 4.69) is 47.8 Å².